The Morgan fingerprint density at radius 3 is 2.22 bits per heavy atom. The van der Waals surface area contributed by atoms with Gasteiger partial charge in [-0.15, -0.1) is 0 Å². The van der Waals surface area contributed by atoms with Crippen LogP contribution in [0.3, 0.4) is 0 Å². The second kappa shape index (κ2) is 11.9. The Morgan fingerprint density at radius 2 is 1.44 bits per heavy atom. The average molecular weight is 498 g/mol. The zero-order valence-corrected chi connectivity index (χ0v) is 22.1. The van der Waals surface area contributed by atoms with Crippen LogP contribution >= 0.6 is 11.8 Å². The van der Waals surface area contributed by atoms with Crippen LogP contribution in [0.5, 0.6) is 0 Å². The fourth-order valence-electron chi connectivity index (χ4n) is 4.82. The van der Waals surface area contributed by atoms with Crippen molar-refractivity contribution in [2.75, 3.05) is 33.9 Å². The average Bonchev–Trinajstić information content (AvgIpc) is 3.19. The Bertz CT molecular complexity index is 1280. The van der Waals surface area contributed by atoms with Crippen LogP contribution in [0, 0.1) is 0 Å². The highest BCUT2D eigenvalue weighted by Crippen LogP contribution is 2.47. The molecule has 5 rings (SSSR count). The van der Waals surface area contributed by atoms with Gasteiger partial charge in [0.15, 0.2) is 0 Å². The van der Waals surface area contributed by atoms with Crippen molar-refractivity contribution in [3.05, 3.63) is 90.3 Å². The third-order valence-electron chi connectivity index (χ3n) is 6.60. The van der Waals surface area contributed by atoms with Gasteiger partial charge in [0.2, 0.25) is 0 Å². The minimum Gasteiger partial charge on any atom is -0.381 e. The second-order valence-corrected chi connectivity index (χ2v) is 10.7. The molecule has 0 fully saturated rings. The molecular formula is C31H35N3OS. The quantitative estimate of drug-likeness (QED) is 0.187. The lowest BCUT2D eigenvalue weighted by molar-refractivity contribution is 0.123. The Morgan fingerprint density at radius 1 is 0.778 bits per heavy atom. The van der Waals surface area contributed by atoms with Crippen LogP contribution < -0.4 is 0 Å². The lowest BCUT2D eigenvalue weighted by Gasteiger charge is -2.14. The molecule has 3 aromatic carbocycles. The second-order valence-electron chi connectivity index (χ2n) is 9.58. The number of aromatic nitrogens is 2. The van der Waals surface area contributed by atoms with Gasteiger partial charge in [-0.2, -0.15) is 0 Å². The topological polar surface area (TPSA) is 30.3 Å². The van der Waals surface area contributed by atoms with Gasteiger partial charge in [0, 0.05) is 47.1 Å². The van der Waals surface area contributed by atoms with Gasteiger partial charge >= 0.3 is 0 Å². The van der Waals surface area contributed by atoms with E-state index < -0.39 is 0 Å². The summed E-state index contributed by atoms with van der Waals surface area (Å²) < 4.78 is 8.42. The third kappa shape index (κ3) is 5.75. The molecule has 0 radical (unpaired) electrons. The largest absolute Gasteiger partial charge is 0.381 e. The van der Waals surface area contributed by atoms with Crippen molar-refractivity contribution in [2.24, 2.45) is 0 Å². The van der Waals surface area contributed by atoms with Crippen LogP contribution in [0.25, 0.3) is 22.5 Å². The van der Waals surface area contributed by atoms with E-state index >= 15 is 0 Å². The van der Waals surface area contributed by atoms with E-state index in [1.54, 1.807) is 0 Å². The molecule has 186 valence electrons. The molecule has 0 bridgehead atoms. The van der Waals surface area contributed by atoms with E-state index in [2.05, 4.69) is 102 Å². The summed E-state index contributed by atoms with van der Waals surface area (Å²) in [6, 6.07) is 28.2. The number of aryl methyl sites for hydroxylation is 2. The first kappa shape index (κ1) is 24.8. The van der Waals surface area contributed by atoms with Gasteiger partial charge < -0.3 is 14.2 Å². The minimum absolute atomic E-state index is 0.771. The van der Waals surface area contributed by atoms with E-state index in [0.717, 1.165) is 63.5 Å². The standard InChI is InChI=1S/C31H35N3OS/c1-33(2)20-11-23-35-22-10-18-29-32-30-25-14-6-8-16-27(25)36-28-17-9-7-15-26(28)31(30)34(29)21-19-24-12-4-3-5-13-24/h3-9,12-17H,10-11,18-23H2,1-2H3. The molecule has 1 aromatic heterocycles. The van der Waals surface area contributed by atoms with Gasteiger partial charge in [0.1, 0.15) is 5.82 Å². The predicted molar refractivity (Wildman–Crippen MR) is 150 cm³/mol. The fraction of sp³-hybridized carbons (Fsp3) is 0.323. The molecule has 0 atom stereocenters. The van der Waals surface area contributed by atoms with Crippen molar-refractivity contribution >= 4 is 11.8 Å². The summed E-state index contributed by atoms with van der Waals surface area (Å²) in [5.41, 5.74) is 6.22. The monoisotopic (exact) mass is 497 g/mol. The van der Waals surface area contributed by atoms with Crippen LogP contribution in [-0.2, 0) is 24.1 Å². The summed E-state index contributed by atoms with van der Waals surface area (Å²) in [6.07, 6.45) is 3.93. The Labute approximate surface area is 219 Å². The first-order chi connectivity index (χ1) is 17.7. The third-order valence-corrected chi connectivity index (χ3v) is 7.75. The van der Waals surface area contributed by atoms with Crippen LogP contribution in [0.2, 0.25) is 0 Å². The number of imidazole rings is 1. The summed E-state index contributed by atoms with van der Waals surface area (Å²) in [7, 11) is 4.21. The maximum atomic E-state index is 5.94. The van der Waals surface area contributed by atoms with Crippen molar-refractivity contribution in [2.45, 2.75) is 42.0 Å². The van der Waals surface area contributed by atoms with Gasteiger partial charge in [0.25, 0.3) is 0 Å². The number of hydrogen-bond donors (Lipinski definition) is 0. The molecule has 36 heavy (non-hydrogen) atoms. The Kier molecular flexibility index (Phi) is 8.22. The highest BCUT2D eigenvalue weighted by molar-refractivity contribution is 7.99. The number of rotatable bonds is 11. The molecule has 0 unspecified atom stereocenters. The van der Waals surface area contributed by atoms with Crippen molar-refractivity contribution in [1.82, 2.24) is 14.5 Å². The Hall–Kier alpha value is -2.86. The van der Waals surface area contributed by atoms with Gasteiger partial charge in [0.05, 0.1) is 11.4 Å². The van der Waals surface area contributed by atoms with Gasteiger partial charge in [-0.05, 0) is 57.6 Å². The first-order valence-electron chi connectivity index (χ1n) is 12.9. The molecule has 0 amide bonds. The van der Waals surface area contributed by atoms with Gasteiger partial charge in [-0.3, -0.25) is 0 Å². The summed E-state index contributed by atoms with van der Waals surface area (Å²) in [5.74, 6) is 1.16. The van der Waals surface area contributed by atoms with Crippen molar-refractivity contribution in [3.8, 4) is 22.5 Å². The summed E-state index contributed by atoms with van der Waals surface area (Å²) in [5, 5.41) is 0. The van der Waals surface area contributed by atoms with Crippen molar-refractivity contribution in [1.29, 1.82) is 0 Å². The molecule has 0 saturated heterocycles. The first-order valence-corrected chi connectivity index (χ1v) is 13.7. The lowest BCUT2D eigenvalue weighted by Crippen LogP contribution is -2.15. The maximum absolute atomic E-state index is 5.94. The van der Waals surface area contributed by atoms with E-state index in [0.29, 0.717) is 0 Å². The summed E-state index contributed by atoms with van der Waals surface area (Å²) in [4.78, 5) is 10.1. The van der Waals surface area contributed by atoms with Crippen molar-refractivity contribution in [3.63, 3.8) is 0 Å². The van der Waals surface area contributed by atoms with Crippen molar-refractivity contribution < 1.29 is 4.74 Å². The van der Waals surface area contributed by atoms with Crippen LogP contribution in [0.1, 0.15) is 24.2 Å². The zero-order valence-electron chi connectivity index (χ0n) is 21.3. The van der Waals surface area contributed by atoms with Gasteiger partial charge in [-0.1, -0.05) is 78.5 Å². The van der Waals surface area contributed by atoms with Crippen LogP contribution in [0.4, 0.5) is 0 Å². The predicted octanol–water partition coefficient (Wildman–Crippen LogP) is 6.83. The molecule has 1 aliphatic heterocycles. The zero-order chi connectivity index (χ0) is 24.7. The summed E-state index contributed by atoms with van der Waals surface area (Å²) >= 11 is 1.85. The molecule has 5 heteroatoms. The Balaban J connectivity index is 1.46. The molecule has 4 nitrogen and oxygen atoms in total. The highest BCUT2D eigenvalue weighted by Gasteiger charge is 2.26. The number of hydrogen-bond acceptors (Lipinski definition) is 4. The number of nitrogens with zero attached hydrogens (tertiary/aromatic N) is 3. The molecule has 0 N–H and O–H groups in total. The molecule has 4 aromatic rings. The molecule has 0 spiro atoms. The normalized spacial score (nSPS) is 12.2. The highest BCUT2D eigenvalue weighted by atomic mass is 32.2. The molecule has 0 saturated carbocycles. The molecule has 0 aliphatic carbocycles. The molecule has 1 aliphatic rings. The number of fused-ring (bicyclic) bond motifs is 5. The smallest absolute Gasteiger partial charge is 0.109 e. The summed E-state index contributed by atoms with van der Waals surface area (Å²) in [6.45, 7) is 3.56. The fourth-order valence-corrected chi connectivity index (χ4v) is 5.90. The molecule has 2 heterocycles. The molecular weight excluding hydrogens is 462 g/mol. The van der Waals surface area contributed by atoms with Crippen LogP contribution in [-0.4, -0.2) is 48.3 Å². The van der Waals surface area contributed by atoms with E-state index in [1.807, 2.05) is 11.8 Å². The minimum atomic E-state index is 0.771. The lowest BCUT2D eigenvalue weighted by atomic mass is 10.0. The van der Waals surface area contributed by atoms with E-state index in [-0.39, 0.29) is 0 Å². The van der Waals surface area contributed by atoms with E-state index in [4.69, 9.17) is 9.72 Å². The van der Waals surface area contributed by atoms with E-state index in [9.17, 15) is 0 Å². The van der Waals surface area contributed by atoms with Crippen LogP contribution in [0.15, 0.2) is 88.7 Å². The van der Waals surface area contributed by atoms with Gasteiger partial charge in [-0.25, -0.2) is 4.98 Å². The van der Waals surface area contributed by atoms with E-state index in [1.165, 1.54) is 32.2 Å². The SMILES string of the molecule is CN(C)CCCOCCCc1nc2c(n1CCc1ccccc1)-c1ccccc1Sc1ccccc1-2. The number of benzene rings is 3. The maximum Gasteiger partial charge on any atom is 0.109 e. The number of ether oxygens (including phenoxy) is 1.